The van der Waals surface area contributed by atoms with E-state index in [1.807, 2.05) is 0 Å². The first-order valence-electron chi connectivity index (χ1n) is 7.53. The zero-order valence-corrected chi connectivity index (χ0v) is 14.5. The monoisotopic (exact) mass is 348 g/mol. The Kier molecular flexibility index (Phi) is 5.98. The number of carbonyl (C=O) groups excluding carboxylic acids is 1. The third-order valence-corrected chi connectivity index (χ3v) is 5.30. The summed E-state index contributed by atoms with van der Waals surface area (Å²) in [6.45, 7) is 1.65. The molecule has 2 aromatic carbocycles. The van der Waals surface area contributed by atoms with Crippen molar-refractivity contribution >= 4 is 15.6 Å². The van der Waals surface area contributed by atoms with Crippen molar-refractivity contribution in [3.8, 4) is 11.5 Å². The fraction of sp³-hybridized carbons (Fsp3) is 0.278. The summed E-state index contributed by atoms with van der Waals surface area (Å²) in [6, 6.07) is 13.3. The van der Waals surface area contributed by atoms with Crippen LogP contribution in [0.15, 0.2) is 53.4 Å². The van der Waals surface area contributed by atoms with Gasteiger partial charge in [0, 0.05) is 0 Å². The van der Waals surface area contributed by atoms with Gasteiger partial charge in [-0.15, -0.1) is 0 Å². The molecule has 0 amide bonds. The highest BCUT2D eigenvalue weighted by molar-refractivity contribution is 7.91. The van der Waals surface area contributed by atoms with E-state index in [1.54, 1.807) is 48.5 Å². The Morgan fingerprint density at radius 3 is 2.42 bits per heavy atom. The molecule has 24 heavy (non-hydrogen) atoms. The molecule has 128 valence electrons. The SMILES string of the molecule is COc1ccc(OCCCS(=O)(=O)c2ccccc2)c(C(C)=O)c1. The van der Waals surface area contributed by atoms with E-state index in [0.717, 1.165) is 0 Å². The Morgan fingerprint density at radius 2 is 1.79 bits per heavy atom. The molecule has 0 fully saturated rings. The molecule has 0 heterocycles. The molecule has 0 aliphatic rings. The number of methoxy groups -OCH3 is 1. The summed E-state index contributed by atoms with van der Waals surface area (Å²) in [5.74, 6) is 0.850. The minimum atomic E-state index is -3.32. The minimum absolute atomic E-state index is 0.0113. The summed E-state index contributed by atoms with van der Waals surface area (Å²) in [5, 5.41) is 0. The summed E-state index contributed by atoms with van der Waals surface area (Å²) >= 11 is 0. The Bertz CT molecular complexity index is 797. The number of sulfone groups is 1. The van der Waals surface area contributed by atoms with E-state index >= 15 is 0 Å². The van der Waals surface area contributed by atoms with Gasteiger partial charge in [-0.3, -0.25) is 4.79 Å². The van der Waals surface area contributed by atoms with Crippen molar-refractivity contribution in [3.63, 3.8) is 0 Å². The van der Waals surface area contributed by atoms with Crippen molar-refractivity contribution in [2.45, 2.75) is 18.2 Å². The first kappa shape index (κ1) is 18.0. The summed E-state index contributed by atoms with van der Waals surface area (Å²) in [7, 11) is -1.80. The van der Waals surface area contributed by atoms with E-state index in [-0.39, 0.29) is 18.1 Å². The standard InChI is InChI=1S/C18H20O5S/c1-14(19)17-13-15(22-2)9-10-18(17)23-11-6-12-24(20,21)16-7-4-3-5-8-16/h3-5,7-10,13H,6,11-12H2,1-2H3. The van der Waals surface area contributed by atoms with Gasteiger partial charge in [0.1, 0.15) is 11.5 Å². The third-order valence-electron chi connectivity index (χ3n) is 3.48. The zero-order valence-electron chi connectivity index (χ0n) is 13.7. The van der Waals surface area contributed by atoms with Gasteiger partial charge in [-0.1, -0.05) is 18.2 Å². The highest BCUT2D eigenvalue weighted by atomic mass is 32.2. The van der Waals surface area contributed by atoms with Crippen LogP contribution in [0.4, 0.5) is 0 Å². The second-order valence-electron chi connectivity index (χ2n) is 5.25. The molecule has 0 bridgehead atoms. The molecule has 0 radical (unpaired) electrons. The van der Waals surface area contributed by atoms with E-state index in [0.29, 0.717) is 28.4 Å². The van der Waals surface area contributed by atoms with E-state index in [9.17, 15) is 13.2 Å². The molecule has 0 aromatic heterocycles. The van der Waals surface area contributed by atoms with Gasteiger partial charge in [0.2, 0.25) is 0 Å². The molecule has 0 atom stereocenters. The van der Waals surface area contributed by atoms with Crippen LogP contribution in [0, 0.1) is 0 Å². The van der Waals surface area contributed by atoms with Crippen molar-refractivity contribution in [1.29, 1.82) is 0 Å². The van der Waals surface area contributed by atoms with Gasteiger partial charge in [0.25, 0.3) is 0 Å². The molecule has 2 rings (SSSR count). The topological polar surface area (TPSA) is 69.7 Å². The van der Waals surface area contributed by atoms with Crippen LogP contribution in [0.3, 0.4) is 0 Å². The number of benzene rings is 2. The lowest BCUT2D eigenvalue weighted by atomic mass is 10.1. The summed E-state index contributed by atoms with van der Waals surface area (Å²) in [6.07, 6.45) is 0.334. The number of ketones is 1. The second kappa shape index (κ2) is 7.97. The Labute approximate surface area is 142 Å². The molecule has 0 unspecified atom stereocenters. The van der Waals surface area contributed by atoms with E-state index in [1.165, 1.54) is 14.0 Å². The quantitative estimate of drug-likeness (QED) is 0.541. The molecule has 0 saturated carbocycles. The van der Waals surface area contributed by atoms with Crippen molar-refractivity contribution < 1.29 is 22.7 Å². The first-order chi connectivity index (χ1) is 11.4. The molecule has 0 aliphatic carbocycles. The molecule has 5 nitrogen and oxygen atoms in total. The number of hydrogen-bond acceptors (Lipinski definition) is 5. The molecule has 0 spiro atoms. The van der Waals surface area contributed by atoms with Gasteiger partial charge in [-0.05, 0) is 43.7 Å². The normalized spacial score (nSPS) is 11.1. The lowest BCUT2D eigenvalue weighted by Gasteiger charge is -2.11. The number of carbonyl (C=O) groups is 1. The number of ether oxygens (including phenoxy) is 2. The van der Waals surface area contributed by atoms with Crippen molar-refractivity contribution in [1.82, 2.24) is 0 Å². The van der Waals surface area contributed by atoms with Gasteiger partial charge in [0.05, 0.1) is 29.9 Å². The van der Waals surface area contributed by atoms with Crippen molar-refractivity contribution in [2.24, 2.45) is 0 Å². The van der Waals surface area contributed by atoms with Gasteiger partial charge in [-0.2, -0.15) is 0 Å². The number of Topliss-reactive ketones (excluding diaryl/α,β-unsaturated/α-hetero) is 1. The summed E-state index contributed by atoms with van der Waals surface area (Å²) in [4.78, 5) is 12.0. The lowest BCUT2D eigenvalue weighted by molar-refractivity contribution is 0.101. The van der Waals surface area contributed by atoms with Gasteiger partial charge < -0.3 is 9.47 Å². The molecule has 0 aliphatic heterocycles. The fourth-order valence-corrected chi connectivity index (χ4v) is 3.52. The van der Waals surface area contributed by atoms with Crippen molar-refractivity contribution in [2.75, 3.05) is 19.5 Å². The van der Waals surface area contributed by atoms with Crippen LogP contribution in [0.5, 0.6) is 11.5 Å². The maximum absolute atomic E-state index is 12.2. The Balaban J connectivity index is 1.96. The molecule has 0 N–H and O–H groups in total. The van der Waals surface area contributed by atoms with Gasteiger partial charge >= 0.3 is 0 Å². The average molecular weight is 348 g/mol. The van der Waals surface area contributed by atoms with Gasteiger partial charge in [0.15, 0.2) is 15.6 Å². The maximum atomic E-state index is 12.2. The van der Waals surface area contributed by atoms with Crippen LogP contribution >= 0.6 is 0 Å². The van der Waals surface area contributed by atoms with Crippen LogP contribution < -0.4 is 9.47 Å². The second-order valence-corrected chi connectivity index (χ2v) is 7.36. The van der Waals surface area contributed by atoms with Crippen LogP contribution in [-0.4, -0.2) is 33.7 Å². The molecule has 6 heteroatoms. The average Bonchev–Trinajstić information content (AvgIpc) is 2.59. The van der Waals surface area contributed by atoms with E-state index in [2.05, 4.69) is 0 Å². The smallest absolute Gasteiger partial charge is 0.178 e. The number of rotatable bonds is 8. The predicted molar refractivity (Wildman–Crippen MR) is 91.6 cm³/mol. The predicted octanol–water partition coefficient (Wildman–Crippen LogP) is 3.14. The molecule has 0 saturated heterocycles. The number of hydrogen-bond donors (Lipinski definition) is 0. The lowest BCUT2D eigenvalue weighted by Crippen LogP contribution is -2.11. The highest BCUT2D eigenvalue weighted by Gasteiger charge is 2.14. The molecule has 2 aromatic rings. The largest absolute Gasteiger partial charge is 0.497 e. The third kappa shape index (κ3) is 4.58. The first-order valence-corrected chi connectivity index (χ1v) is 9.19. The molecular weight excluding hydrogens is 328 g/mol. The highest BCUT2D eigenvalue weighted by Crippen LogP contribution is 2.25. The fourth-order valence-electron chi connectivity index (χ4n) is 2.21. The molecular formula is C18H20O5S. The maximum Gasteiger partial charge on any atom is 0.178 e. The van der Waals surface area contributed by atoms with Crippen molar-refractivity contribution in [3.05, 3.63) is 54.1 Å². The van der Waals surface area contributed by atoms with Gasteiger partial charge in [-0.25, -0.2) is 8.42 Å². The summed E-state index contributed by atoms with van der Waals surface area (Å²) < 4.78 is 35.0. The minimum Gasteiger partial charge on any atom is -0.497 e. The van der Waals surface area contributed by atoms with Crippen LogP contribution in [-0.2, 0) is 9.84 Å². The summed E-state index contributed by atoms with van der Waals surface area (Å²) in [5.41, 5.74) is 0.417. The van der Waals surface area contributed by atoms with Crippen LogP contribution in [0.25, 0.3) is 0 Å². The van der Waals surface area contributed by atoms with Crippen LogP contribution in [0.2, 0.25) is 0 Å². The zero-order chi connectivity index (χ0) is 17.6. The Hall–Kier alpha value is -2.34. The van der Waals surface area contributed by atoms with E-state index < -0.39 is 9.84 Å². The Morgan fingerprint density at radius 1 is 1.08 bits per heavy atom. The van der Waals surface area contributed by atoms with Crippen LogP contribution in [0.1, 0.15) is 23.7 Å². The van der Waals surface area contributed by atoms with E-state index in [4.69, 9.17) is 9.47 Å².